The van der Waals surface area contributed by atoms with Gasteiger partial charge in [0.2, 0.25) is 0 Å². The van der Waals surface area contributed by atoms with Gasteiger partial charge in [0.05, 0.1) is 2.74 Å². The first kappa shape index (κ1) is 9.38. The van der Waals surface area contributed by atoms with E-state index < -0.39 is 19.7 Å². The summed E-state index contributed by atoms with van der Waals surface area (Å²) in [6.07, 6.45) is -0.434. The molecule has 0 N–H and O–H groups in total. The summed E-state index contributed by atoms with van der Waals surface area (Å²) in [6.45, 7) is -1.64. The molecule has 0 amide bonds. The Balaban J connectivity index is 1.97. The summed E-state index contributed by atoms with van der Waals surface area (Å²) >= 11 is 0. The van der Waals surface area contributed by atoms with Crippen LogP contribution in [0.15, 0.2) is 36.5 Å². The van der Waals surface area contributed by atoms with Crippen molar-refractivity contribution in [1.82, 2.24) is 14.5 Å². The molecule has 3 heteroatoms. The van der Waals surface area contributed by atoms with E-state index >= 15 is 0 Å². The van der Waals surface area contributed by atoms with Crippen molar-refractivity contribution in [2.45, 2.75) is 39.6 Å². The Hall–Kier alpha value is -2.13. The molecule has 3 heterocycles. The Morgan fingerprint density at radius 2 is 2.21 bits per heavy atom. The quantitative estimate of drug-likeness (QED) is 0.728. The van der Waals surface area contributed by atoms with Crippen molar-refractivity contribution in [3.8, 4) is 0 Å². The summed E-state index contributed by atoms with van der Waals surface area (Å²) in [5.74, 6) is 0. The number of hydrogen-bond acceptors (Lipinski definition) is 2. The number of hydrogen-bond donors (Lipinski definition) is 0. The van der Waals surface area contributed by atoms with Crippen molar-refractivity contribution in [3.63, 3.8) is 0 Å². The van der Waals surface area contributed by atoms with Gasteiger partial charge in [0, 0.05) is 61.3 Å². The fourth-order valence-corrected chi connectivity index (χ4v) is 3.28. The van der Waals surface area contributed by atoms with Crippen molar-refractivity contribution in [2.24, 2.45) is 0 Å². The molecular weight excluding hydrogens is 294 g/mol. The minimum Gasteiger partial charge on any atom is -0.344 e. The van der Waals surface area contributed by atoms with E-state index in [1.165, 1.54) is 16.8 Å². The fourth-order valence-electron chi connectivity index (χ4n) is 3.28. The van der Waals surface area contributed by atoms with Gasteiger partial charge in [0.15, 0.2) is 0 Å². The van der Waals surface area contributed by atoms with E-state index in [9.17, 15) is 0 Å². The van der Waals surface area contributed by atoms with Crippen molar-refractivity contribution >= 4 is 10.9 Å². The summed E-state index contributed by atoms with van der Waals surface area (Å²) in [4.78, 5) is 6.25. The van der Waals surface area contributed by atoms with E-state index in [0.29, 0.717) is 36.1 Å². The molecule has 0 saturated carbocycles. The van der Waals surface area contributed by atoms with Crippen LogP contribution in [0.25, 0.3) is 10.9 Å². The molecule has 0 saturated heterocycles. The zero-order chi connectivity index (χ0) is 22.8. The SMILES string of the molecule is [2H]C([2H])([2H])c1ccc2c(c1)c1c(n2C([2H])([2H])C([2H])([2H])c2ccc(C)nc2)CCN(C)C1. The summed E-state index contributed by atoms with van der Waals surface area (Å²) in [6, 6.07) is 7.94. The van der Waals surface area contributed by atoms with Crippen LogP contribution < -0.4 is 0 Å². The van der Waals surface area contributed by atoms with Gasteiger partial charge < -0.3 is 9.47 Å². The van der Waals surface area contributed by atoms with Crippen LogP contribution >= 0.6 is 0 Å². The molecule has 0 spiro atoms. The molecule has 4 rings (SSSR count). The van der Waals surface area contributed by atoms with E-state index in [1.54, 1.807) is 31.2 Å². The first-order chi connectivity index (χ1) is 14.3. The highest BCUT2D eigenvalue weighted by molar-refractivity contribution is 5.86. The highest BCUT2D eigenvalue weighted by Crippen LogP contribution is 2.31. The highest BCUT2D eigenvalue weighted by Gasteiger charge is 2.22. The molecule has 24 heavy (non-hydrogen) atoms. The van der Waals surface area contributed by atoms with Gasteiger partial charge in [-0.3, -0.25) is 4.98 Å². The van der Waals surface area contributed by atoms with E-state index in [2.05, 4.69) is 9.88 Å². The minimum absolute atomic E-state index is 0.158. The van der Waals surface area contributed by atoms with Gasteiger partial charge in [0.25, 0.3) is 0 Å². The molecule has 0 atom stereocenters. The monoisotopic (exact) mass is 326 g/mol. The van der Waals surface area contributed by atoms with Crippen LogP contribution in [-0.2, 0) is 25.8 Å². The maximum Gasteiger partial charge on any atom is 0.0501 e. The molecule has 1 aromatic carbocycles. The molecule has 0 bridgehead atoms. The van der Waals surface area contributed by atoms with Gasteiger partial charge in [-0.25, -0.2) is 0 Å². The predicted molar refractivity (Wildman–Crippen MR) is 99.4 cm³/mol. The molecule has 0 unspecified atom stereocenters. The number of fused-ring (bicyclic) bond motifs is 3. The first-order valence-electron chi connectivity index (χ1n) is 11.6. The predicted octanol–water partition coefficient (Wildman–Crippen LogP) is 3.88. The molecule has 2 aromatic heterocycles. The van der Waals surface area contributed by atoms with Crippen LogP contribution in [0.2, 0.25) is 0 Å². The van der Waals surface area contributed by atoms with Crippen LogP contribution in [-0.4, -0.2) is 28.0 Å². The number of rotatable bonds is 3. The Morgan fingerprint density at radius 1 is 1.29 bits per heavy atom. The van der Waals surface area contributed by atoms with Crippen molar-refractivity contribution in [2.75, 3.05) is 13.6 Å². The third-order valence-electron chi connectivity index (χ3n) is 4.56. The summed E-state index contributed by atoms with van der Waals surface area (Å²) in [7, 11) is 1.96. The minimum atomic E-state index is -2.42. The lowest BCUT2D eigenvalue weighted by molar-refractivity contribution is 0.309. The Labute approximate surface area is 153 Å². The van der Waals surface area contributed by atoms with Crippen LogP contribution in [0.3, 0.4) is 0 Å². The molecule has 3 nitrogen and oxygen atoms in total. The average Bonchev–Trinajstić information content (AvgIpc) is 3.01. The third-order valence-corrected chi connectivity index (χ3v) is 4.56. The van der Waals surface area contributed by atoms with Gasteiger partial charge in [0.1, 0.15) is 0 Å². The van der Waals surface area contributed by atoms with Gasteiger partial charge in [-0.05, 0) is 56.5 Å². The lowest BCUT2D eigenvalue weighted by atomic mass is 10.0. The Kier molecular flexibility index (Phi) is 2.37. The number of aryl methyl sites for hydroxylation is 4. The van der Waals surface area contributed by atoms with E-state index in [4.69, 9.17) is 9.60 Å². The number of benzene rings is 1. The number of aromatic nitrogens is 2. The zero-order valence-electron chi connectivity index (χ0n) is 20.9. The fraction of sp³-hybridized carbons (Fsp3) is 0.381. The molecular formula is C21H25N3. The van der Waals surface area contributed by atoms with Crippen molar-refractivity contribution in [3.05, 3.63) is 64.6 Å². The molecule has 0 aliphatic carbocycles. The molecule has 0 radical (unpaired) electrons. The van der Waals surface area contributed by atoms with Crippen LogP contribution in [0.4, 0.5) is 0 Å². The van der Waals surface area contributed by atoms with E-state index in [0.717, 1.165) is 11.3 Å². The second-order valence-electron chi connectivity index (χ2n) is 6.41. The second kappa shape index (κ2) is 6.06. The number of nitrogens with zero attached hydrogens (tertiary/aromatic N) is 3. The normalized spacial score (nSPS) is 21.0. The average molecular weight is 326 g/mol. The first-order valence-corrected chi connectivity index (χ1v) is 8.13. The van der Waals surface area contributed by atoms with Gasteiger partial charge >= 0.3 is 0 Å². The largest absolute Gasteiger partial charge is 0.344 e. The smallest absolute Gasteiger partial charge is 0.0501 e. The molecule has 1 aliphatic heterocycles. The number of pyridine rings is 1. The standard InChI is InChI=1S/C21H25N3/c1-15-4-7-20-18(12-15)19-14-23(3)10-9-21(19)24(20)11-8-17-6-5-16(2)22-13-17/h4-7,12-13H,8-11,14H2,1-3H3/i1D3,8D2,11D2. The lowest BCUT2D eigenvalue weighted by Gasteiger charge is -2.24. The topological polar surface area (TPSA) is 21.1 Å². The summed E-state index contributed by atoms with van der Waals surface area (Å²) in [5, 5.41) is 0.664. The van der Waals surface area contributed by atoms with Crippen LogP contribution in [0, 0.1) is 13.8 Å². The van der Waals surface area contributed by atoms with E-state index in [-0.39, 0.29) is 11.1 Å². The molecule has 124 valence electrons. The summed E-state index contributed by atoms with van der Waals surface area (Å²) < 4.78 is 60.0. The van der Waals surface area contributed by atoms with Gasteiger partial charge in [-0.1, -0.05) is 17.7 Å². The molecule has 1 aliphatic rings. The Morgan fingerprint density at radius 3 is 3.00 bits per heavy atom. The molecule has 3 aromatic rings. The van der Waals surface area contributed by atoms with Gasteiger partial charge in [-0.15, -0.1) is 0 Å². The maximum atomic E-state index is 8.93. The summed E-state index contributed by atoms with van der Waals surface area (Å²) in [5.41, 5.74) is 3.15. The van der Waals surface area contributed by atoms with Crippen LogP contribution in [0.5, 0.6) is 0 Å². The third kappa shape index (κ3) is 2.73. The van der Waals surface area contributed by atoms with Crippen molar-refractivity contribution in [1.29, 1.82) is 0 Å². The van der Waals surface area contributed by atoms with Crippen molar-refractivity contribution < 1.29 is 9.60 Å². The highest BCUT2D eigenvalue weighted by atomic mass is 15.1. The molecule has 0 fully saturated rings. The lowest BCUT2D eigenvalue weighted by Crippen LogP contribution is -2.27. The number of likely N-dealkylation sites (N-methyl/N-ethyl adjacent to an activating group) is 1. The van der Waals surface area contributed by atoms with Crippen LogP contribution in [0.1, 0.15) is 37.7 Å². The second-order valence-corrected chi connectivity index (χ2v) is 6.41. The maximum absolute atomic E-state index is 8.93. The Bertz CT molecular complexity index is 1130. The van der Waals surface area contributed by atoms with Gasteiger partial charge in [-0.2, -0.15) is 0 Å². The zero-order valence-corrected chi connectivity index (χ0v) is 13.9. The van der Waals surface area contributed by atoms with E-state index in [1.807, 2.05) is 7.05 Å².